The number of carbonyl (C=O) groups excluding carboxylic acids is 1. The normalized spacial score (nSPS) is 11.6. The van der Waals surface area contributed by atoms with Gasteiger partial charge in [0.1, 0.15) is 17.1 Å². The lowest BCUT2D eigenvalue weighted by Crippen LogP contribution is -2.22. The van der Waals surface area contributed by atoms with E-state index in [-0.39, 0.29) is 18.2 Å². The largest absolute Gasteiger partial charge is 0.508 e. The van der Waals surface area contributed by atoms with E-state index < -0.39 is 10.0 Å². The van der Waals surface area contributed by atoms with Crippen molar-refractivity contribution >= 4 is 26.9 Å². The minimum atomic E-state index is -3.45. The van der Waals surface area contributed by atoms with Crippen LogP contribution < -0.4 is 10.0 Å². The van der Waals surface area contributed by atoms with Crippen LogP contribution in [0.4, 0.5) is 0 Å². The molecule has 0 fully saturated rings. The van der Waals surface area contributed by atoms with Gasteiger partial charge in [-0.1, -0.05) is 30.3 Å². The molecular weight excluding hydrogens is 356 g/mol. The Bertz CT molecular complexity index is 1070. The number of phenolic OH excluding ortho intramolecular Hbond substituents is 1. The second-order valence-electron chi connectivity index (χ2n) is 5.82. The van der Waals surface area contributed by atoms with E-state index in [0.717, 1.165) is 6.26 Å². The van der Waals surface area contributed by atoms with Crippen LogP contribution in [-0.4, -0.2) is 32.7 Å². The Morgan fingerprint density at radius 3 is 2.50 bits per heavy atom. The summed E-state index contributed by atoms with van der Waals surface area (Å²) in [6.45, 7) is -0.0819. The SMILES string of the molecule is CNC(=O)c1c(-c2ccccc2)oc2cc(O)cc(CNS(C)(=O)=O)c12. The van der Waals surface area contributed by atoms with Crippen molar-refractivity contribution in [2.24, 2.45) is 0 Å². The number of fused-ring (bicyclic) bond motifs is 1. The molecule has 0 spiro atoms. The number of hydrogen-bond donors (Lipinski definition) is 3. The number of hydrogen-bond acceptors (Lipinski definition) is 5. The maximum Gasteiger partial charge on any atom is 0.255 e. The third kappa shape index (κ3) is 3.56. The van der Waals surface area contributed by atoms with Crippen molar-refractivity contribution in [1.29, 1.82) is 0 Å². The molecule has 0 atom stereocenters. The van der Waals surface area contributed by atoms with Gasteiger partial charge in [0.25, 0.3) is 5.91 Å². The zero-order valence-corrected chi connectivity index (χ0v) is 15.1. The molecule has 0 bridgehead atoms. The molecule has 136 valence electrons. The molecule has 0 unspecified atom stereocenters. The molecular formula is C18H18N2O5S. The van der Waals surface area contributed by atoms with E-state index in [2.05, 4.69) is 10.0 Å². The fourth-order valence-corrected chi connectivity index (χ4v) is 3.20. The summed E-state index contributed by atoms with van der Waals surface area (Å²) >= 11 is 0. The van der Waals surface area contributed by atoms with Crippen LogP contribution in [0.2, 0.25) is 0 Å². The number of aromatic hydroxyl groups is 1. The number of carbonyl (C=O) groups is 1. The average molecular weight is 374 g/mol. The standard InChI is InChI=1S/C18H18N2O5S/c1-19-18(22)16-15-12(10-20-26(2,23)24)8-13(21)9-14(15)25-17(16)11-6-4-3-5-7-11/h3-9,20-21H,10H2,1-2H3,(H,19,22). The van der Waals surface area contributed by atoms with Gasteiger partial charge < -0.3 is 14.8 Å². The molecule has 0 aliphatic rings. The predicted octanol–water partition coefficient (Wildman–Crippen LogP) is 2.21. The molecule has 7 nitrogen and oxygen atoms in total. The van der Waals surface area contributed by atoms with Crippen LogP contribution in [0.3, 0.4) is 0 Å². The molecule has 0 saturated heterocycles. The van der Waals surface area contributed by atoms with Gasteiger partial charge in [-0.3, -0.25) is 4.79 Å². The summed E-state index contributed by atoms with van der Waals surface area (Å²) in [4.78, 5) is 12.5. The molecule has 0 radical (unpaired) electrons. The van der Waals surface area contributed by atoms with Crippen molar-refractivity contribution in [3.05, 3.63) is 53.6 Å². The second-order valence-corrected chi connectivity index (χ2v) is 7.66. The topological polar surface area (TPSA) is 109 Å². The van der Waals surface area contributed by atoms with Gasteiger partial charge in [-0.05, 0) is 11.6 Å². The Kier molecular flexibility index (Phi) is 4.71. The van der Waals surface area contributed by atoms with E-state index in [1.165, 1.54) is 19.2 Å². The maximum absolute atomic E-state index is 12.5. The minimum absolute atomic E-state index is 0.0819. The first-order chi connectivity index (χ1) is 12.3. The first kappa shape index (κ1) is 18.0. The average Bonchev–Trinajstić information content (AvgIpc) is 2.98. The summed E-state index contributed by atoms with van der Waals surface area (Å²) in [7, 11) is -1.95. The van der Waals surface area contributed by atoms with Crippen LogP contribution in [0.15, 0.2) is 46.9 Å². The Morgan fingerprint density at radius 2 is 1.88 bits per heavy atom. The number of nitrogens with one attached hydrogen (secondary N) is 2. The van der Waals surface area contributed by atoms with Crippen molar-refractivity contribution in [2.75, 3.05) is 13.3 Å². The number of furan rings is 1. The van der Waals surface area contributed by atoms with Gasteiger partial charge >= 0.3 is 0 Å². The van der Waals surface area contributed by atoms with Crippen LogP contribution in [-0.2, 0) is 16.6 Å². The molecule has 8 heteroatoms. The summed E-state index contributed by atoms with van der Waals surface area (Å²) in [5.41, 5.74) is 1.73. The van der Waals surface area contributed by atoms with E-state index in [1.54, 1.807) is 12.1 Å². The maximum atomic E-state index is 12.5. The molecule has 0 saturated carbocycles. The molecule has 3 N–H and O–H groups in total. The minimum Gasteiger partial charge on any atom is -0.508 e. The van der Waals surface area contributed by atoms with Crippen molar-refractivity contribution in [2.45, 2.75) is 6.54 Å². The van der Waals surface area contributed by atoms with Gasteiger partial charge in [0.2, 0.25) is 10.0 Å². The molecule has 1 aromatic heterocycles. The Hall–Kier alpha value is -2.84. The van der Waals surface area contributed by atoms with Gasteiger partial charge in [0, 0.05) is 30.6 Å². The van der Waals surface area contributed by atoms with Crippen LogP contribution in [0.1, 0.15) is 15.9 Å². The third-order valence-corrected chi connectivity index (χ3v) is 4.54. The van der Waals surface area contributed by atoms with Crippen molar-refractivity contribution in [3.63, 3.8) is 0 Å². The van der Waals surface area contributed by atoms with Gasteiger partial charge in [-0.2, -0.15) is 0 Å². The smallest absolute Gasteiger partial charge is 0.255 e. The quantitative estimate of drug-likeness (QED) is 0.634. The molecule has 26 heavy (non-hydrogen) atoms. The lowest BCUT2D eigenvalue weighted by Gasteiger charge is -2.07. The first-order valence-corrected chi connectivity index (χ1v) is 9.70. The fraction of sp³-hybridized carbons (Fsp3) is 0.167. The summed E-state index contributed by atoms with van der Waals surface area (Å²) in [6, 6.07) is 11.9. The second kappa shape index (κ2) is 6.81. The number of benzene rings is 2. The Labute approximate surface area is 150 Å². The number of sulfonamides is 1. The summed E-state index contributed by atoms with van der Waals surface area (Å²) in [6.07, 6.45) is 1.04. The van der Waals surface area contributed by atoms with E-state index in [4.69, 9.17) is 4.42 Å². The third-order valence-electron chi connectivity index (χ3n) is 3.87. The zero-order valence-electron chi connectivity index (χ0n) is 14.2. The van der Waals surface area contributed by atoms with Gasteiger partial charge in [-0.15, -0.1) is 0 Å². The predicted molar refractivity (Wildman–Crippen MR) is 98.4 cm³/mol. The highest BCUT2D eigenvalue weighted by molar-refractivity contribution is 7.88. The van der Waals surface area contributed by atoms with E-state index in [0.29, 0.717) is 33.4 Å². The summed E-state index contributed by atoms with van der Waals surface area (Å²) in [5.74, 6) is -0.0975. The number of rotatable bonds is 5. The molecule has 0 aliphatic heterocycles. The number of phenols is 1. The van der Waals surface area contributed by atoms with E-state index in [9.17, 15) is 18.3 Å². The van der Waals surface area contributed by atoms with Crippen LogP contribution in [0, 0.1) is 0 Å². The highest BCUT2D eigenvalue weighted by Crippen LogP contribution is 2.37. The van der Waals surface area contributed by atoms with Gasteiger partial charge in [-0.25, -0.2) is 13.1 Å². The number of amides is 1. The van der Waals surface area contributed by atoms with Gasteiger partial charge in [0.05, 0.1) is 11.8 Å². The molecule has 0 aliphatic carbocycles. The van der Waals surface area contributed by atoms with Crippen LogP contribution in [0.5, 0.6) is 5.75 Å². The molecule has 3 rings (SSSR count). The fourth-order valence-electron chi connectivity index (χ4n) is 2.78. The van der Waals surface area contributed by atoms with Crippen LogP contribution in [0.25, 0.3) is 22.3 Å². The Balaban J connectivity index is 2.29. The van der Waals surface area contributed by atoms with E-state index in [1.807, 2.05) is 18.2 Å². The van der Waals surface area contributed by atoms with Crippen LogP contribution >= 0.6 is 0 Å². The Morgan fingerprint density at radius 1 is 1.19 bits per heavy atom. The summed E-state index contributed by atoms with van der Waals surface area (Å²) < 4.78 is 31.1. The van der Waals surface area contributed by atoms with E-state index >= 15 is 0 Å². The summed E-state index contributed by atoms with van der Waals surface area (Å²) in [5, 5.41) is 13.0. The lowest BCUT2D eigenvalue weighted by atomic mass is 10.0. The first-order valence-electron chi connectivity index (χ1n) is 7.80. The molecule has 3 aromatic rings. The highest BCUT2D eigenvalue weighted by atomic mass is 32.2. The molecule has 1 heterocycles. The lowest BCUT2D eigenvalue weighted by molar-refractivity contribution is 0.0964. The zero-order chi connectivity index (χ0) is 18.9. The van der Waals surface area contributed by atoms with Crippen molar-refractivity contribution < 1.29 is 22.7 Å². The molecule has 2 aromatic carbocycles. The van der Waals surface area contributed by atoms with Crippen molar-refractivity contribution in [3.8, 4) is 17.1 Å². The van der Waals surface area contributed by atoms with Crippen molar-refractivity contribution in [1.82, 2.24) is 10.0 Å². The monoisotopic (exact) mass is 374 g/mol. The van der Waals surface area contributed by atoms with Gasteiger partial charge in [0.15, 0.2) is 0 Å². The molecule has 1 amide bonds. The highest BCUT2D eigenvalue weighted by Gasteiger charge is 2.24.